The Balaban J connectivity index is 2.16. The Labute approximate surface area is 113 Å². The minimum Gasteiger partial charge on any atom is -0.323 e. The van der Waals surface area contributed by atoms with E-state index in [-0.39, 0.29) is 24.1 Å². The van der Waals surface area contributed by atoms with Gasteiger partial charge >= 0.3 is 6.03 Å². The summed E-state index contributed by atoms with van der Waals surface area (Å²) in [5.41, 5.74) is -0.799. The van der Waals surface area contributed by atoms with Crippen LogP contribution < -0.4 is 5.32 Å². The Morgan fingerprint density at radius 3 is 2.63 bits per heavy atom. The number of carbonyl (C=O) groups excluding carboxylic acids is 2. The number of nitrogens with one attached hydrogen (secondary N) is 1. The minimum absolute atomic E-state index is 0.0576. The molecule has 0 aromatic heterocycles. The molecule has 0 unspecified atom stereocenters. The van der Waals surface area contributed by atoms with Crippen LogP contribution in [0.15, 0.2) is 0 Å². The van der Waals surface area contributed by atoms with Gasteiger partial charge in [0.15, 0.2) is 0 Å². The molecule has 1 saturated carbocycles. The zero-order valence-electron chi connectivity index (χ0n) is 11.3. The van der Waals surface area contributed by atoms with Gasteiger partial charge in [0.05, 0.1) is 5.75 Å². The SMILES string of the molecule is C[C@@H]1CCCC[C@]12NC(=O)N(CCS(C)(=O)=O)C2=O. The molecule has 1 N–H and O–H groups in total. The van der Waals surface area contributed by atoms with Crippen LogP contribution in [0.1, 0.15) is 32.6 Å². The number of hydrogen-bond donors (Lipinski definition) is 1. The third-order valence-corrected chi connectivity index (χ3v) is 5.11. The molecule has 1 heterocycles. The highest BCUT2D eigenvalue weighted by Crippen LogP contribution is 2.38. The lowest BCUT2D eigenvalue weighted by atomic mass is 9.73. The van der Waals surface area contributed by atoms with E-state index < -0.39 is 21.4 Å². The van der Waals surface area contributed by atoms with Crippen molar-refractivity contribution in [2.75, 3.05) is 18.6 Å². The van der Waals surface area contributed by atoms with Crippen LogP contribution in [-0.2, 0) is 14.6 Å². The first-order chi connectivity index (χ1) is 8.76. The Hall–Kier alpha value is -1.11. The molecule has 0 aromatic rings. The fraction of sp³-hybridized carbons (Fsp3) is 0.833. The molecule has 6 nitrogen and oxygen atoms in total. The number of hydrogen-bond acceptors (Lipinski definition) is 4. The topological polar surface area (TPSA) is 83.6 Å². The molecule has 2 fully saturated rings. The molecule has 3 amide bonds. The number of sulfone groups is 1. The van der Waals surface area contributed by atoms with Crippen LogP contribution >= 0.6 is 0 Å². The summed E-state index contributed by atoms with van der Waals surface area (Å²) in [6.45, 7) is 1.91. The van der Waals surface area contributed by atoms with Gasteiger partial charge in [0.2, 0.25) is 0 Å². The maximum absolute atomic E-state index is 12.5. The second kappa shape index (κ2) is 4.77. The molecule has 1 aliphatic carbocycles. The average molecular weight is 288 g/mol. The number of carbonyl (C=O) groups is 2. The average Bonchev–Trinajstić information content (AvgIpc) is 2.53. The first kappa shape index (κ1) is 14.3. The molecule has 19 heavy (non-hydrogen) atoms. The molecular formula is C12H20N2O4S. The van der Waals surface area contributed by atoms with E-state index in [1.165, 1.54) is 0 Å². The fourth-order valence-electron chi connectivity index (χ4n) is 2.96. The van der Waals surface area contributed by atoms with Crippen molar-refractivity contribution in [3.8, 4) is 0 Å². The van der Waals surface area contributed by atoms with Gasteiger partial charge in [0, 0.05) is 12.8 Å². The Kier molecular flexibility index (Phi) is 3.59. The molecule has 0 aromatic carbocycles. The van der Waals surface area contributed by atoms with E-state index >= 15 is 0 Å². The van der Waals surface area contributed by atoms with E-state index in [1.54, 1.807) is 0 Å². The van der Waals surface area contributed by atoms with Crippen molar-refractivity contribution in [3.05, 3.63) is 0 Å². The highest BCUT2D eigenvalue weighted by molar-refractivity contribution is 7.90. The van der Waals surface area contributed by atoms with Gasteiger partial charge < -0.3 is 5.32 Å². The standard InChI is InChI=1S/C12H20N2O4S/c1-9-5-3-4-6-12(9)10(15)14(11(16)13-12)7-8-19(2,17)18/h9H,3-8H2,1-2H3,(H,13,16)/t9-,12+/m1/s1. The summed E-state index contributed by atoms with van der Waals surface area (Å²) in [5, 5.41) is 2.80. The number of rotatable bonds is 3. The molecule has 2 atom stereocenters. The maximum atomic E-state index is 12.5. The maximum Gasteiger partial charge on any atom is 0.325 e. The summed E-state index contributed by atoms with van der Waals surface area (Å²) in [6, 6.07) is -0.456. The van der Waals surface area contributed by atoms with Crippen molar-refractivity contribution in [1.82, 2.24) is 10.2 Å². The second-order valence-corrected chi connectivity index (χ2v) is 7.89. The van der Waals surface area contributed by atoms with Gasteiger partial charge in [-0.15, -0.1) is 0 Å². The van der Waals surface area contributed by atoms with Crippen LogP contribution in [0.2, 0.25) is 0 Å². The van der Waals surface area contributed by atoms with E-state index in [0.717, 1.165) is 30.4 Å². The molecule has 0 radical (unpaired) electrons. The van der Waals surface area contributed by atoms with Gasteiger partial charge in [-0.2, -0.15) is 0 Å². The molecule has 108 valence electrons. The van der Waals surface area contributed by atoms with Crippen LogP contribution in [0.5, 0.6) is 0 Å². The fourth-order valence-corrected chi connectivity index (χ4v) is 3.47. The molecule has 1 aliphatic heterocycles. The van der Waals surface area contributed by atoms with Crippen LogP contribution in [-0.4, -0.2) is 49.3 Å². The van der Waals surface area contributed by atoms with Crippen LogP contribution in [0.4, 0.5) is 4.79 Å². The van der Waals surface area contributed by atoms with Gasteiger partial charge in [0.25, 0.3) is 5.91 Å². The van der Waals surface area contributed by atoms with Gasteiger partial charge in [-0.3, -0.25) is 9.69 Å². The zero-order valence-corrected chi connectivity index (χ0v) is 12.1. The lowest BCUT2D eigenvalue weighted by molar-refractivity contribution is -0.134. The van der Waals surface area contributed by atoms with Crippen LogP contribution in [0, 0.1) is 5.92 Å². The largest absolute Gasteiger partial charge is 0.325 e. The van der Waals surface area contributed by atoms with E-state index in [0.29, 0.717) is 6.42 Å². The number of nitrogens with zero attached hydrogens (tertiary/aromatic N) is 1. The molecule has 2 aliphatic rings. The highest BCUT2D eigenvalue weighted by Gasteiger charge is 2.54. The molecule has 2 rings (SSSR count). The van der Waals surface area contributed by atoms with Crippen molar-refractivity contribution in [2.24, 2.45) is 5.92 Å². The second-order valence-electron chi connectivity index (χ2n) is 5.64. The van der Waals surface area contributed by atoms with E-state index in [1.807, 2.05) is 6.92 Å². The van der Waals surface area contributed by atoms with E-state index in [9.17, 15) is 18.0 Å². The lowest BCUT2D eigenvalue weighted by Crippen LogP contribution is -2.54. The molecule has 1 saturated heterocycles. The highest BCUT2D eigenvalue weighted by atomic mass is 32.2. The first-order valence-electron chi connectivity index (χ1n) is 6.58. The molecular weight excluding hydrogens is 268 g/mol. The summed E-state index contributed by atoms with van der Waals surface area (Å²) < 4.78 is 22.3. The van der Waals surface area contributed by atoms with Gasteiger partial charge in [0.1, 0.15) is 15.4 Å². The summed E-state index contributed by atoms with van der Waals surface area (Å²) >= 11 is 0. The molecule has 0 bridgehead atoms. The Morgan fingerprint density at radius 1 is 1.37 bits per heavy atom. The predicted octanol–water partition coefficient (Wildman–Crippen LogP) is 0.532. The van der Waals surface area contributed by atoms with Crippen molar-refractivity contribution < 1.29 is 18.0 Å². The summed E-state index contributed by atoms with van der Waals surface area (Å²) in [6.07, 6.45) is 4.64. The van der Waals surface area contributed by atoms with Crippen molar-refractivity contribution >= 4 is 21.8 Å². The van der Waals surface area contributed by atoms with Crippen molar-refractivity contribution in [2.45, 2.75) is 38.1 Å². The first-order valence-corrected chi connectivity index (χ1v) is 8.64. The van der Waals surface area contributed by atoms with Gasteiger partial charge in [-0.05, 0) is 18.8 Å². The Morgan fingerprint density at radius 2 is 2.05 bits per heavy atom. The normalized spacial score (nSPS) is 31.9. The summed E-state index contributed by atoms with van der Waals surface area (Å²) in [4.78, 5) is 25.4. The molecule has 7 heteroatoms. The van der Waals surface area contributed by atoms with Crippen molar-refractivity contribution in [1.29, 1.82) is 0 Å². The third kappa shape index (κ3) is 2.61. The number of amides is 3. The quantitative estimate of drug-likeness (QED) is 0.768. The number of urea groups is 1. The minimum atomic E-state index is -3.19. The summed E-state index contributed by atoms with van der Waals surface area (Å²) in [7, 11) is -3.19. The third-order valence-electron chi connectivity index (χ3n) is 4.19. The van der Waals surface area contributed by atoms with E-state index in [4.69, 9.17) is 0 Å². The monoisotopic (exact) mass is 288 g/mol. The smallest absolute Gasteiger partial charge is 0.323 e. The summed E-state index contributed by atoms with van der Waals surface area (Å²) in [5.74, 6) is -0.342. The predicted molar refractivity (Wildman–Crippen MR) is 70.3 cm³/mol. The molecule has 1 spiro atoms. The van der Waals surface area contributed by atoms with E-state index in [2.05, 4.69) is 5.32 Å². The van der Waals surface area contributed by atoms with Crippen LogP contribution in [0.25, 0.3) is 0 Å². The lowest BCUT2D eigenvalue weighted by Gasteiger charge is -2.36. The zero-order chi connectivity index (χ0) is 14.3. The van der Waals surface area contributed by atoms with Crippen molar-refractivity contribution in [3.63, 3.8) is 0 Å². The van der Waals surface area contributed by atoms with Gasteiger partial charge in [-0.25, -0.2) is 13.2 Å². The van der Waals surface area contributed by atoms with Gasteiger partial charge in [-0.1, -0.05) is 19.8 Å². The Bertz CT molecular complexity index is 502. The number of imide groups is 1. The van der Waals surface area contributed by atoms with Crippen LogP contribution in [0.3, 0.4) is 0 Å².